The summed E-state index contributed by atoms with van der Waals surface area (Å²) in [6, 6.07) is 7.89. The van der Waals surface area contributed by atoms with Gasteiger partial charge in [-0.1, -0.05) is 12.1 Å². The Morgan fingerprint density at radius 3 is 2.88 bits per heavy atom. The van der Waals surface area contributed by atoms with Gasteiger partial charge in [-0.15, -0.1) is 0 Å². The average Bonchev–Trinajstić information content (AvgIpc) is 2.98. The third-order valence-corrected chi connectivity index (χ3v) is 4.16. The molecule has 1 aliphatic rings. The Morgan fingerprint density at radius 1 is 1.25 bits per heavy atom. The molecule has 0 spiro atoms. The molecule has 0 saturated carbocycles. The number of fused-ring (bicyclic) bond motifs is 2. The fourth-order valence-corrected chi connectivity index (χ4v) is 3.12. The smallest absolute Gasteiger partial charge is 0.204 e. The minimum atomic E-state index is -0.319. The van der Waals surface area contributed by atoms with E-state index in [-0.39, 0.29) is 12.2 Å². The van der Waals surface area contributed by atoms with Gasteiger partial charge in [-0.05, 0) is 48.9 Å². The van der Waals surface area contributed by atoms with E-state index in [1.54, 1.807) is 0 Å². The Morgan fingerprint density at radius 2 is 2.04 bits per heavy atom. The molecule has 0 radical (unpaired) electrons. The second-order valence-electron chi connectivity index (χ2n) is 5.66. The first-order chi connectivity index (χ1) is 11.7. The van der Waals surface area contributed by atoms with Gasteiger partial charge in [-0.3, -0.25) is 4.79 Å². The first kappa shape index (κ1) is 16.0. The van der Waals surface area contributed by atoms with E-state index in [1.165, 1.54) is 36.2 Å². The van der Waals surface area contributed by atoms with E-state index in [0.717, 1.165) is 29.6 Å². The normalized spacial score (nSPS) is 12.9. The number of amides is 1. The van der Waals surface area contributed by atoms with Crippen molar-refractivity contribution in [1.29, 1.82) is 0 Å². The number of halogens is 1. The van der Waals surface area contributed by atoms with Crippen LogP contribution in [0.4, 0.5) is 15.8 Å². The first-order valence-electron chi connectivity index (χ1n) is 7.88. The molecule has 0 saturated heterocycles. The molecule has 1 aliphatic carbocycles. The quantitative estimate of drug-likeness (QED) is 0.631. The van der Waals surface area contributed by atoms with Crippen molar-refractivity contribution in [3.63, 3.8) is 0 Å². The van der Waals surface area contributed by atoms with Crippen molar-refractivity contribution in [2.24, 2.45) is 5.73 Å². The molecule has 0 bridgehead atoms. The van der Waals surface area contributed by atoms with E-state index in [2.05, 4.69) is 39.2 Å². The number of aryl methyl sites for hydroxylation is 1. The molecule has 5 nitrogen and oxygen atoms in total. The number of aromatic nitrogens is 2. The van der Waals surface area contributed by atoms with Crippen LogP contribution in [-0.4, -0.2) is 16.4 Å². The zero-order chi connectivity index (χ0) is 16.9. The molecule has 1 amide bonds. The van der Waals surface area contributed by atoms with Gasteiger partial charge >= 0.3 is 0 Å². The van der Waals surface area contributed by atoms with Gasteiger partial charge in [0.15, 0.2) is 0 Å². The Balaban J connectivity index is 0.000000526. The molecule has 0 unspecified atom stereocenters. The second kappa shape index (κ2) is 7.12. The molecule has 0 atom stereocenters. The Bertz CT molecular complexity index is 859. The van der Waals surface area contributed by atoms with E-state index in [9.17, 15) is 4.39 Å². The van der Waals surface area contributed by atoms with E-state index >= 15 is 0 Å². The largest absolute Gasteiger partial charge is 0.372 e. The molecule has 4 rings (SSSR count). The molecular formula is C18H19FN4O. The van der Waals surface area contributed by atoms with Crippen molar-refractivity contribution >= 4 is 28.8 Å². The number of H-pyrrole nitrogens is 1. The zero-order valence-corrected chi connectivity index (χ0v) is 13.2. The van der Waals surface area contributed by atoms with Gasteiger partial charge in [-0.25, -0.2) is 9.37 Å². The van der Waals surface area contributed by atoms with Crippen LogP contribution in [0, 0.1) is 5.82 Å². The number of carbonyl (C=O) groups excluding carboxylic acids is 1. The van der Waals surface area contributed by atoms with Crippen LogP contribution in [0.5, 0.6) is 0 Å². The van der Waals surface area contributed by atoms with Crippen LogP contribution in [-0.2, 0) is 17.6 Å². The highest BCUT2D eigenvalue weighted by Gasteiger charge is 2.14. The van der Waals surface area contributed by atoms with Crippen LogP contribution in [0.25, 0.3) is 11.0 Å². The van der Waals surface area contributed by atoms with Crippen molar-refractivity contribution in [1.82, 2.24) is 9.97 Å². The molecule has 2 aromatic heterocycles. The minimum Gasteiger partial charge on any atom is -0.372 e. The number of aromatic amines is 1. The van der Waals surface area contributed by atoms with Gasteiger partial charge in [0.2, 0.25) is 6.41 Å². The number of pyridine rings is 1. The molecule has 1 aromatic carbocycles. The second-order valence-corrected chi connectivity index (χ2v) is 5.66. The van der Waals surface area contributed by atoms with Gasteiger partial charge in [0.1, 0.15) is 11.5 Å². The maximum atomic E-state index is 13.4. The summed E-state index contributed by atoms with van der Waals surface area (Å²) >= 11 is 0. The lowest BCUT2D eigenvalue weighted by Gasteiger charge is -2.19. The lowest BCUT2D eigenvalue weighted by Crippen LogP contribution is -2.05. The first-order valence-corrected chi connectivity index (χ1v) is 7.88. The van der Waals surface area contributed by atoms with Crippen LogP contribution in [0.15, 0.2) is 36.7 Å². The summed E-state index contributed by atoms with van der Waals surface area (Å²) in [6.45, 7) is 0. The Hall–Kier alpha value is -2.89. The van der Waals surface area contributed by atoms with E-state index in [1.807, 2.05) is 6.20 Å². The summed E-state index contributed by atoms with van der Waals surface area (Å²) in [7, 11) is 0. The summed E-state index contributed by atoms with van der Waals surface area (Å²) in [4.78, 5) is 15.7. The molecule has 4 N–H and O–H groups in total. The zero-order valence-electron chi connectivity index (χ0n) is 13.2. The minimum absolute atomic E-state index is 0.250. The van der Waals surface area contributed by atoms with Crippen molar-refractivity contribution < 1.29 is 9.18 Å². The number of nitrogens with one attached hydrogen (secondary N) is 2. The molecular weight excluding hydrogens is 307 g/mol. The predicted molar refractivity (Wildman–Crippen MR) is 92.7 cm³/mol. The molecule has 2 heterocycles. The number of nitrogens with zero attached hydrogens (tertiary/aromatic N) is 1. The number of nitrogens with two attached hydrogens (primary N) is 1. The lowest BCUT2D eigenvalue weighted by atomic mass is 9.90. The van der Waals surface area contributed by atoms with Crippen LogP contribution in [0.1, 0.15) is 24.0 Å². The molecule has 24 heavy (non-hydrogen) atoms. The maximum Gasteiger partial charge on any atom is 0.204 e. The van der Waals surface area contributed by atoms with Crippen LogP contribution >= 0.6 is 0 Å². The summed E-state index contributed by atoms with van der Waals surface area (Å²) in [5.74, 6) is -0.319. The third kappa shape index (κ3) is 3.22. The third-order valence-electron chi connectivity index (χ3n) is 4.16. The number of hydrogen-bond donors (Lipinski definition) is 3. The highest BCUT2D eigenvalue weighted by Crippen LogP contribution is 2.32. The number of anilines is 2. The molecule has 3 aromatic rings. The number of rotatable bonds is 2. The number of benzene rings is 1. The number of primary amides is 1. The molecule has 124 valence electrons. The molecule has 0 aliphatic heterocycles. The van der Waals surface area contributed by atoms with Gasteiger partial charge < -0.3 is 16.0 Å². The summed E-state index contributed by atoms with van der Waals surface area (Å²) < 4.78 is 13.4. The Labute approximate surface area is 139 Å². The predicted octanol–water partition coefficient (Wildman–Crippen LogP) is 3.43. The maximum absolute atomic E-state index is 13.4. The number of hydrogen-bond acceptors (Lipinski definition) is 3. The molecule has 6 heteroatoms. The van der Waals surface area contributed by atoms with Crippen LogP contribution < -0.4 is 11.1 Å². The van der Waals surface area contributed by atoms with Crippen molar-refractivity contribution in [2.45, 2.75) is 25.7 Å². The van der Waals surface area contributed by atoms with Gasteiger partial charge in [-0.2, -0.15) is 0 Å². The monoisotopic (exact) mass is 326 g/mol. The summed E-state index contributed by atoms with van der Waals surface area (Å²) in [6.07, 6.45) is 8.07. The summed E-state index contributed by atoms with van der Waals surface area (Å²) in [5, 5.41) is 4.23. The fraction of sp³-hybridized carbons (Fsp3) is 0.222. The highest BCUT2D eigenvalue weighted by molar-refractivity contribution is 5.92. The van der Waals surface area contributed by atoms with E-state index in [4.69, 9.17) is 4.79 Å². The molecule has 0 fully saturated rings. The lowest BCUT2D eigenvalue weighted by molar-refractivity contribution is -0.106. The van der Waals surface area contributed by atoms with E-state index < -0.39 is 0 Å². The number of carbonyl (C=O) groups is 1. The van der Waals surface area contributed by atoms with E-state index in [0.29, 0.717) is 5.65 Å². The standard InChI is InChI=1S/C17H16FN3.CH3NO/c18-12-8-14-16(10-20-17(14)19-9-12)21-15-7-3-5-11-4-1-2-6-13(11)15;2-1-3/h3,5,7-10,21H,1-2,4,6H2,(H,19,20);1H,(H2,2,3). The van der Waals surface area contributed by atoms with Crippen LogP contribution in [0.3, 0.4) is 0 Å². The SMILES string of the molecule is Fc1cnc2[nH]cc(Nc3cccc4c3CCCC4)c2c1.NC=O. The highest BCUT2D eigenvalue weighted by atomic mass is 19.1. The Kier molecular flexibility index (Phi) is 4.74. The van der Waals surface area contributed by atoms with Gasteiger partial charge in [0.25, 0.3) is 0 Å². The van der Waals surface area contributed by atoms with Crippen molar-refractivity contribution in [2.75, 3.05) is 5.32 Å². The van der Waals surface area contributed by atoms with Gasteiger partial charge in [0, 0.05) is 17.3 Å². The van der Waals surface area contributed by atoms with Crippen molar-refractivity contribution in [3.8, 4) is 0 Å². The summed E-state index contributed by atoms with van der Waals surface area (Å²) in [5.41, 5.74) is 9.68. The van der Waals surface area contributed by atoms with Gasteiger partial charge in [0.05, 0.1) is 11.9 Å². The fourth-order valence-electron chi connectivity index (χ4n) is 3.12. The van der Waals surface area contributed by atoms with Crippen LogP contribution in [0.2, 0.25) is 0 Å². The topological polar surface area (TPSA) is 83.8 Å². The average molecular weight is 326 g/mol. The van der Waals surface area contributed by atoms with Crippen molar-refractivity contribution in [3.05, 3.63) is 53.6 Å².